The van der Waals surface area contributed by atoms with E-state index in [1.165, 1.54) is 49.7 Å². The van der Waals surface area contributed by atoms with E-state index < -0.39 is 0 Å². The molecule has 4 rings (SSSR count). The predicted octanol–water partition coefficient (Wildman–Crippen LogP) is 8.09. The fraction of sp³-hybridized carbons (Fsp3) is 0.286. The molecule has 0 aliphatic heterocycles. The number of hydrogen-bond donors (Lipinski definition) is 0. The van der Waals surface area contributed by atoms with E-state index in [4.69, 9.17) is 5.32 Å². The fourth-order valence-corrected chi connectivity index (χ4v) is 4.69. The molecule has 33 heavy (non-hydrogen) atoms. The predicted molar refractivity (Wildman–Crippen MR) is 145 cm³/mol. The van der Waals surface area contributed by atoms with Crippen molar-refractivity contribution in [3.05, 3.63) is 99.4 Å². The average molecular weight is 516 g/mol. The molecular formula is C28H33Cl2N2Ti-. The van der Waals surface area contributed by atoms with E-state index in [0.717, 1.165) is 18.7 Å². The minimum absolute atomic E-state index is 0. The number of halogens is 2. The zero-order valence-electron chi connectivity index (χ0n) is 20.1. The largest absolute Gasteiger partial charge is 0.680 e. The molecule has 0 bridgehead atoms. The van der Waals surface area contributed by atoms with Crippen molar-refractivity contribution in [3.63, 3.8) is 0 Å². The van der Waals surface area contributed by atoms with Gasteiger partial charge in [0.1, 0.15) is 0 Å². The zero-order valence-corrected chi connectivity index (χ0v) is 23.3. The number of benzene rings is 3. The molecule has 0 radical (unpaired) electrons. The van der Waals surface area contributed by atoms with Crippen LogP contribution in [0.15, 0.2) is 66.3 Å². The first-order valence-electron chi connectivity index (χ1n) is 10.7. The third-order valence-corrected chi connectivity index (χ3v) is 5.91. The SMILES string of the molecule is Cc1cc(C)c([N-]Cc2c(C3=C(CN(C)C)C=CC3)ccc3ccccc23)c(C)c1.Cl.Cl.[Ti]. The van der Waals surface area contributed by atoms with Gasteiger partial charge in [0.2, 0.25) is 0 Å². The number of hydrogen-bond acceptors (Lipinski definition) is 1. The Bertz CT molecular complexity index is 1140. The summed E-state index contributed by atoms with van der Waals surface area (Å²) >= 11 is 0. The first-order chi connectivity index (χ1) is 14.4. The van der Waals surface area contributed by atoms with Crippen LogP contribution >= 0.6 is 24.8 Å². The van der Waals surface area contributed by atoms with Crippen LogP contribution in [0.2, 0.25) is 0 Å². The Labute approximate surface area is 226 Å². The third kappa shape index (κ3) is 6.53. The van der Waals surface area contributed by atoms with Gasteiger partial charge < -0.3 is 10.2 Å². The van der Waals surface area contributed by atoms with Crippen molar-refractivity contribution < 1.29 is 21.7 Å². The summed E-state index contributed by atoms with van der Waals surface area (Å²) in [7, 11) is 4.27. The monoisotopic (exact) mass is 515 g/mol. The Morgan fingerprint density at radius 1 is 0.909 bits per heavy atom. The Kier molecular flexibility index (Phi) is 11.4. The van der Waals surface area contributed by atoms with Crippen LogP contribution in [-0.2, 0) is 28.3 Å². The minimum atomic E-state index is 0. The Hall–Kier alpha value is -1.55. The third-order valence-electron chi connectivity index (χ3n) is 5.91. The van der Waals surface area contributed by atoms with E-state index in [-0.39, 0.29) is 46.5 Å². The summed E-state index contributed by atoms with van der Waals surface area (Å²) in [6.07, 6.45) is 5.58. The van der Waals surface area contributed by atoms with E-state index in [9.17, 15) is 0 Å². The van der Waals surface area contributed by atoms with Gasteiger partial charge in [-0.2, -0.15) is 0 Å². The van der Waals surface area contributed by atoms with Gasteiger partial charge in [-0.3, -0.25) is 0 Å². The minimum Gasteiger partial charge on any atom is -0.680 e. The number of fused-ring (bicyclic) bond motifs is 1. The smallest absolute Gasteiger partial charge is 0.0230 e. The normalized spacial score (nSPS) is 12.4. The number of rotatable bonds is 6. The number of allylic oxidation sites excluding steroid dienone is 2. The first kappa shape index (κ1) is 29.5. The summed E-state index contributed by atoms with van der Waals surface area (Å²) in [5.41, 5.74) is 10.5. The van der Waals surface area contributed by atoms with Crippen LogP contribution in [0.25, 0.3) is 21.7 Å². The van der Waals surface area contributed by atoms with Crippen LogP contribution in [-0.4, -0.2) is 25.5 Å². The van der Waals surface area contributed by atoms with Crippen molar-refractivity contribution in [2.45, 2.75) is 33.7 Å². The van der Waals surface area contributed by atoms with Crippen LogP contribution in [0.1, 0.15) is 34.2 Å². The standard InChI is InChI=1S/C28H31N2.2ClH.Ti/c1-19-15-20(2)28(21(3)16-19)29-17-27-24-11-7-6-9-22(24)13-14-26(27)25-12-8-10-23(25)18-30(4)5;;;/h6-11,13-16H,12,17-18H2,1-5H3;2*1H;/q-1;;;. The van der Waals surface area contributed by atoms with Crippen LogP contribution in [0.3, 0.4) is 0 Å². The number of nitrogens with zero attached hydrogens (tertiary/aromatic N) is 2. The van der Waals surface area contributed by atoms with Gasteiger partial charge >= 0.3 is 0 Å². The molecule has 3 aromatic rings. The van der Waals surface area contributed by atoms with Crippen LogP contribution in [0.4, 0.5) is 5.69 Å². The maximum Gasteiger partial charge on any atom is 0.0230 e. The molecule has 0 saturated heterocycles. The van der Waals surface area contributed by atoms with Crippen molar-refractivity contribution in [2.24, 2.45) is 0 Å². The van der Waals surface area contributed by atoms with Crippen molar-refractivity contribution in [2.75, 3.05) is 20.6 Å². The van der Waals surface area contributed by atoms with Gasteiger partial charge in [0.15, 0.2) is 0 Å². The molecule has 2 nitrogen and oxygen atoms in total. The molecule has 5 heteroatoms. The molecule has 0 unspecified atom stereocenters. The maximum absolute atomic E-state index is 5.13. The maximum atomic E-state index is 5.13. The van der Waals surface area contributed by atoms with Gasteiger partial charge in [-0.1, -0.05) is 82.9 Å². The zero-order chi connectivity index (χ0) is 21.3. The van der Waals surface area contributed by atoms with Gasteiger partial charge in [-0.25, -0.2) is 0 Å². The fourth-order valence-electron chi connectivity index (χ4n) is 4.69. The molecule has 0 heterocycles. The second kappa shape index (κ2) is 12.8. The van der Waals surface area contributed by atoms with Crippen LogP contribution in [0, 0.1) is 20.8 Å². The van der Waals surface area contributed by atoms with Gasteiger partial charge in [0.25, 0.3) is 0 Å². The van der Waals surface area contributed by atoms with Gasteiger partial charge in [0.05, 0.1) is 0 Å². The quantitative estimate of drug-likeness (QED) is 0.303. The number of aryl methyl sites for hydroxylation is 3. The molecular weight excluding hydrogens is 483 g/mol. The van der Waals surface area contributed by atoms with Crippen molar-refractivity contribution in [1.29, 1.82) is 0 Å². The molecule has 1 aliphatic rings. The first-order valence-corrected chi connectivity index (χ1v) is 10.7. The van der Waals surface area contributed by atoms with Crippen molar-refractivity contribution >= 4 is 46.8 Å². The van der Waals surface area contributed by atoms with Crippen LogP contribution in [0.5, 0.6) is 0 Å². The molecule has 0 saturated carbocycles. The summed E-state index contributed by atoms with van der Waals surface area (Å²) in [5, 5.41) is 7.72. The Morgan fingerprint density at radius 2 is 1.58 bits per heavy atom. The van der Waals surface area contributed by atoms with E-state index in [2.05, 4.69) is 100 Å². The number of likely N-dealkylation sites (N-methyl/N-ethyl adjacent to an activating group) is 1. The topological polar surface area (TPSA) is 17.3 Å². The molecule has 1 aliphatic carbocycles. The van der Waals surface area contributed by atoms with Crippen molar-refractivity contribution in [3.8, 4) is 0 Å². The van der Waals surface area contributed by atoms with Gasteiger partial charge in [-0.15, -0.1) is 37.0 Å². The summed E-state index contributed by atoms with van der Waals surface area (Å²) in [5.74, 6) is 0. The Balaban J connectivity index is 0.00000181. The van der Waals surface area contributed by atoms with Gasteiger partial charge in [-0.05, 0) is 68.8 Å². The molecule has 174 valence electrons. The Morgan fingerprint density at radius 3 is 2.24 bits per heavy atom. The van der Waals surface area contributed by atoms with E-state index in [1.807, 2.05) is 0 Å². The molecule has 0 amide bonds. The summed E-state index contributed by atoms with van der Waals surface area (Å²) < 4.78 is 0. The van der Waals surface area contributed by atoms with Crippen molar-refractivity contribution in [1.82, 2.24) is 4.90 Å². The molecule has 0 fully saturated rings. The molecule has 0 spiro atoms. The van der Waals surface area contributed by atoms with Gasteiger partial charge in [0, 0.05) is 28.3 Å². The summed E-state index contributed by atoms with van der Waals surface area (Å²) in [4.78, 5) is 2.25. The van der Waals surface area contributed by atoms with Crippen LogP contribution < -0.4 is 0 Å². The molecule has 0 N–H and O–H groups in total. The molecule has 3 aromatic carbocycles. The van der Waals surface area contributed by atoms with E-state index in [0.29, 0.717) is 6.54 Å². The summed E-state index contributed by atoms with van der Waals surface area (Å²) in [6.45, 7) is 8.15. The van der Waals surface area contributed by atoms with E-state index >= 15 is 0 Å². The van der Waals surface area contributed by atoms with E-state index in [1.54, 1.807) is 0 Å². The summed E-state index contributed by atoms with van der Waals surface area (Å²) in [6, 6.07) is 17.7. The average Bonchev–Trinajstić information content (AvgIpc) is 3.14. The molecule has 0 atom stereocenters. The second-order valence-corrected chi connectivity index (χ2v) is 8.72. The molecule has 0 aromatic heterocycles. The second-order valence-electron chi connectivity index (χ2n) is 8.72.